The van der Waals surface area contributed by atoms with Gasteiger partial charge in [-0.15, -0.1) is 24.0 Å². The number of likely N-dealkylation sites (N-methyl/N-ethyl adjacent to an activating group) is 1. The van der Waals surface area contributed by atoms with E-state index in [1.807, 2.05) is 0 Å². The number of aliphatic imine (C=N–C) groups is 1. The van der Waals surface area contributed by atoms with E-state index < -0.39 is 0 Å². The van der Waals surface area contributed by atoms with Crippen molar-refractivity contribution in [3.8, 4) is 0 Å². The number of halogens is 1. The first-order valence-electron chi connectivity index (χ1n) is 9.84. The predicted octanol–water partition coefficient (Wildman–Crippen LogP) is 2.28. The molecule has 0 bridgehead atoms. The number of oxazole rings is 1. The second-order valence-corrected chi connectivity index (χ2v) is 7.77. The fourth-order valence-corrected chi connectivity index (χ4v) is 2.88. The van der Waals surface area contributed by atoms with Crippen LogP contribution in [0.15, 0.2) is 15.6 Å². The zero-order valence-electron chi connectivity index (χ0n) is 17.5. The summed E-state index contributed by atoms with van der Waals surface area (Å²) in [6.07, 6.45) is 1.81. The Balaban J connectivity index is 0.00000364. The predicted molar refractivity (Wildman–Crippen MR) is 122 cm³/mol. The van der Waals surface area contributed by atoms with Crippen LogP contribution in [0.5, 0.6) is 0 Å². The molecule has 2 N–H and O–H groups in total. The largest absolute Gasteiger partial charge is 0.443 e. The van der Waals surface area contributed by atoms with E-state index in [-0.39, 0.29) is 29.4 Å². The lowest BCUT2D eigenvalue weighted by molar-refractivity contribution is 0.139. The molecule has 2 heterocycles. The van der Waals surface area contributed by atoms with Crippen LogP contribution >= 0.6 is 24.0 Å². The number of piperazine rings is 1. The highest BCUT2D eigenvalue weighted by Gasteiger charge is 2.19. The highest BCUT2D eigenvalue weighted by atomic mass is 127. The van der Waals surface area contributed by atoms with Gasteiger partial charge in [-0.05, 0) is 13.5 Å². The standard InChI is InChI=1S/C19H36N6O.HI/c1-6-20-18(21-8-9-25-12-10-24(7-2)11-13-25)23-15-17-22-14-16(26-17)19(3,4)5;/h14H,6-13,15H2,1-5H3,(H2,20,21,23);1H. The van der Waals surface area contributed by atoms with E-state index in [0.29, 0.717) is 12.4 Å². The topological polar surface area (TPSA) is 68.9 Å². The van der Waals surface area contributed by atoms with Crippen LogP contribution in [0.3, 0.4) is 0 Å². The molecular formula is C19H37IN6O. The van der Waals surface area contributed by atoms with Gasteiger partial charge in [0.1, 0.15) is 12.3 Å². The lowest BCUT2D eigenvalue weighted by atomic mass is 9.94. The second-order valence-electron chi connectivity index (χ2n) is 7.77. The minimum atomic E-state index is -0.0283. The van der Waals surface area contributed by atoms with Gasteiger partial charge in [0, 0.05) is 51.2 Å². The molecule has 1 saturated heterocycles. The molecule has 27 heavy (non-hydrogen) atoms. The molecule has 1 aromatic heterocycles. The Bertz CT molecular complexity index is 561. The minimum Gasteiger partial charge on any atom is -0.443 e. The summed E-state index contributed by atoms with van der Waals surface area (Å²) in [7, 11) is 0. The van der Waals surface area contributed by atoms with E-state index in [1.165, 1.54) is 13.1 Å². The van der Waals surface area contributed by atoms with E-state index in [1.54, 1.807) is 6.20 Å². The highest BCUT2D eigenvalue weighted by molar-refractivity contribution is 14.0. The number of rotatable bonds is 7. The van der Waals surface area contributed by atoms with E-state index in [2.05, 4.69) is 65.0 Å². The molecule has 8 heteroatoms. The van der Waals surface area contributed by atoms with Gasteiger partial charge in [0.15, 0.2) is 5.96 Å². The van der Waals surface area contributed by atoms with E-state index >= 15 is 0 Å². The summed E-state index contributed by atoms with van der Waals surface area (Å²) < 4.78 is 5.81. The lowest BCUT2D eigenvalue weighted by Gasteiger charge is -2.34. The number of guanidine groups is 1. The summed E-state index contributed by atoms with van der Waals surface area (Å²) >= 11 is 0. The van der Waals surface area contributed by atoms with Gasteiger partial charge in [-0.1, -0.05) is 27.7 Å². The van der Waals surface area contributed by atoms with Gasteiger partial charge in [-0.25, -0.2) is 9.98 Å². The van der Waals surface area contributed by atoms with Crippen molar-refractivity contribution < 1.29 is 4.42 Å². The molecule has 0 unspecified atom stereocenters. The molecule has 0 spiro atoms. The van der Waals surface area contributed by atoms with Crippen LogP contribution in [-0.4, -0.2) is 73.1 Å². The fourth-order valence-electron chi connectivity index (χ4n) is 2.88. The normalized spacial score (nSPS) is 16.9. The first-order chi connectivity index (χ1) is 12.4. The Labute approximate surface area is 181 Å². The third-order valence-corrected chi connectivity index (χ3v) is 4.64. The monoisotopic (exact) mass is 492 g/mol. The highest BCUT2D eigenvalue weighted by Crippen LogP contribution is 2.22. The number of hydrogen-bond donors (Lipinski definition) is 2. The average molecular weight is 492 g/mol. The Hall–Kier alpha value is -0.870. The summed E-state index contributed by atoms with van der Waals surface area (Å²) in [6.45, 7) is 19.7. The van der Waals surface area contributed by atoms with Gasteiger partial charge in [0.05, 0.1) is 6.20 Å². The molecule has 0 saturated carbocycles. The molecule has 0 radical (unpaired) electrons. The van der Waals surface area contributed by atoms with Crippen LogP contribution in [0, 0.1) is 0 Å². The quantitative estimate of drug-likeness (QED) is 0.346. The molecule has 1 aliphatic heterocycles. The van der Waals surface area contributed by atoms with Crippen molar-refractivity contribution in [3.63, 3.8) is 0 Å². The molecule has 2 rings (SSSR count). The zero-order chi connectivity index (χ0) is 19.0. The van der Waals surface area contributed by atoms with Crippen LogP contribution in [0.4, 0.5) is 0 Å². The molecule has 0 aromatic carbocycles. The Morgan fingerprint density at radius 3 is 2.37 bits per heavy atom. The SMILES string of the molecule is CCNC(=NCc1ncc(C(C)(C)C)o1)NCCN1CCN(CC)CC1.I. The Kier molecular flexibility index (Phi) is 10.6. The zero-order valence-corrected chi connectivity index (χ0v) is 19.9. The first kappa shape index (κ1) is 24.2. The van der Waals surface area contributed by atoms with Gasteiger partial charge in [0.2, 0.25) is 5.89 Å². The number of aromatic nitrogens is 1. The molecule has 1 fully saturated rings. The van der Waals surface area contributed by atoms with Crippen molar-refractivity contribution in [3.05, 3.63) is 17.8 Å². The summed E-state index contributed by atoms with van der Waals surface area (Å²) in [5.74, 6) is 2.37. The maximum atomic E-state index is 5.81. The van der Waals surface area contributed by atoms with E-state index in [4.69, 9.17) is 4.42 Å². The number of hydrogen-bond acceptors (Lipinski definition) is 5. The van der Waals surface area contributed by atoms with Crippen molar-refractivity contribution in [1.29, 1.82) is 0 Å². The van der Waals surface area contributed by atoms with Gasteiger partial charge in [-0.3, -0.25) is 4.90 Å². The van der Waals surface area contributed by atoms with Crippen molar-refractivity contribution in [2.75, 3.05) is 52.4 Å². The number of nitrogens with one attached hydrogen (secondary N) is 2. The molecule has 0 atom stereocenters. The summed E-state index contributed by atoms with van der Waals surface area (Å²) in [4.78, 5) is 13.9. The van der Waals surface area contributed by atoms with Crippen molar-refractivity contribution in [1.82, 2.24) is 25.4 Å². The summed E-state index contributed by atoms with van der Waals surface area (Å²) in [6, 6.07) is 0. The van der Waals surface area contributed by atoms with Crippen molar-refractivity contribution in [2.45, 2.75) is 46.6 Å². The molecule has 1 aromatic rings. The lowest BCUT2D eigenvalue weighted by Crippen LogP contribution is -2.49. The van der Waals surface area contributed by atoms with Gasteiger partial charge in [-0.2, -0.15) is 0 Å². The third kappa shape index (κ3) is 8.35. The van der Waals surface area contributed by atoms with Crippen molar-refractivity contribution >= 4 is 29.9 Å². The molecule has 156 valence electrons. The smallest absolute Gasteiger partial charge is 0.216 e. The van der Waals surface area contributed by atoms with E-state index in [0.717, 1.165) is 51.0 Å². The average Bonchev–Trinajstić information content (AvgIpc) is 3.10. The van der Waals surface area contributed by atoms with Crippen molar-refractivity contribution in [2.24, 2.45) is 4.99 Å². The van der Waals surface area contributed by atoms with Crippen LogP contribution in [0.1, 0.15) is 46.3 Å². The van der Waals surface area contributed by atoms with Gasteiger partial charge in [0.25, 0.3) is 0 Å². The van der Waals surface area contributed by atoms with Crippen LogP contribution in [-0.2, 0) is 12.0 Å². The van der Waals surface area contributed by atoms with Crippen LogP contribution in [0.2, 0.25) is 0 Å². The number of nitrogens with zero attached hydrogens (tertiary/aromatic N) is 4. The fraction of sp³-hybridized carbons (Fsp3) is 0.789. The summed E-state index contributed by atoms with van der Waals surface area (Å²) in [5.41, 5.74) is -0.0283. The van der Waals surface area contributed by atoms with Gasteiger partial charge >= 0.3 is 0 Å². The Morgan fingerprint density at radius 2 is 1.81 bits per heavy atom. The van der Waals surface area contributed by atoms with Gasteiger partial charge < -0.3 is 20.0 Å². The molecule has 0 aliphatic carbocycles. The van der Waals surface area contributed by atoms with Crippen LogP contribution in [0.25, 0.3) is 0 Å². The first-order valence-corrected chi connectivity index (χ1v) is 9.84. The molecule has 1 aliphatic rings. The van der Waals surface area contributed by atoms with Crippen LogP contribution < -0.4 is 10.6 Å². The van der Waals surface area contributed by atoms with E-state index in [9.17, 15) is 0 Å². The maximum Gasteiger partial charge on any atom is 0.216 e. The molecule has 7 nitrogen and oxygen atoms in total. The molecular weight excluding hydrogens is 455 g/mol. The summed E-state index contributed by atoms with van der Waals surface area (Å²) in [5, 5.41) is 6.70. The maximum absolute atomic E-state index is 5.81. The molecule has 0 amide bonds. The third-order valence-electron chi connectivity index (χ3n) is 4.64. The Morgan fingerprint density at radius 1 is 1.15 bits per heavy atom. The minimum absolute atomic E-state index is 0. The second kappa shape index (κ2) is 11.9.